The van der Waals surface area contributed by atoms with Gasteiger partial charge in [0.15, 0.2) is 0 Å². The summed E-state index contributed by atoms with van der Waals surface area (Å²) in [6.07, 6.45) is 0.211. The van der Waals surface area contributed by atoms with E-state index in [2.05, 4.69) is 5.43 Å². The average molecular weight is 297 g/mol. The number of rotatable bonds is 4. The summed E-state index contributed by atoms with van der Waals surface area (Å²) in [7, 11) is 0. The van der Waals surface area contributed by atoms with E-state index in [1.54, 1.807) is 0 Å². The van der Waals surface area contributed by atoms with E-state index < -0.39 is 11.6 Å². The molecule has 0 amide bonds. The summed E-state index contributed by atoms with van der Waals surface area (Å²) in [6, 6.07) is 8.51. The van der Waals surface area contributed by atoms with Gasteiger partial charge in [-0.05, 0) is 54.3 Å². The number of hydrogen-bond acceptors (Lipinski definition) is 2. The molecule has 0 aromatic heterocycles. The van der Waals surface area contributed by atoms with E-state index in [9.17, 15) is 8.78 Å². The van der Waals surface area contributed by atoms with Crippen LogP contribution < -0.4 is 11.3 Å². The van der Waals surface area contributed by atoms with Crippen LogP contribution >= 0.6 is 11.6 Å². The Morgan fingerprint density at radius 3 is 2.60 bits per heavy atom. The van der Waals surface area contributed by atoms with Crippen molar-refractivity contribution in [1.82, 2.24) is 5.43 Å². The molecule has 0 fully saturated rings. The summed E-state index contributed by atoms with van der Waals surface area (Å²) in [5.41, 5.74) is 4.63. The smallest absolute Gasteiger partial charge is 0.126 e. The second-order valence-corrected chi connectivity index (χ2v) is 5.09. The van der Waals surface area contributed by atoms with E-state index in [4.69, 9.17) is 17.4 Å². The van der Waals surface area contributed by atoms with Crippen molar-refractivity contribution in [3.8, 4) is 0 Å². The molecular weight excluding hydrogens is 282 g/mol. The maximum absolute atomic E-state index is 13.7. The van der Waals surface area contributed by atoms with E-state index >= 15 is 0 Å². The first-order valence-electron chi connectivity index (χ1n) is 6.17. The molecule has 0 aliphatic carbocycles. The van der Waals surface area contributed by atoms with Gasteiger partial charge in [0, 0.05) is 5.02 Å². The maximum Gasteiger partial charge on any atom is 0.126 e. The average Bonchev–Trinajstić information content (AvgIpc) is 2.40. The van der Waals surface area contributed by atoms with Gasteiger partial charge >= 0.3 is 0 Å². The Kier molecular flexibility index (Phi) is 4.70. The van der Waals surface area contributed by atoms with Gasteiger partial charge in [0.25, 0.3) is 0 Å². The standard InChI is InChI=1S/C15H15ClF2N2/c1-9-2-4-12(13(16)6-9)15(20-19)8-10-7-11(17)3-5-14(10)18/h2-7,15,20H,8,19H2,1H3. The molecule has 2 aromatic rings. The van der Waals surface area contributed by atoms with Crippen LogP contribution in [0.4, 0.5) is 8.78 Å². The highest BCUT2D eigenvalue weighted by molar-refractivity contribution is 6.31. The van der Waals surface area contributed by atoms with Gasteiger partial charge in [-0.3, -0.25) is 11.3 Å². The minimum Gasteiger partial charge on any atom is -0.271 e. The van der Waals surface area contributed by atoms with E-state index in [1.165, 1.54) is 6.07 Å². The fourth-order valence-electron chi connectivity index (χ4n) is 2.09. The van der Waals surface area contributed by atoms with E-state index in [1.807, 2.05) is 25.1 Å². The van der Waals surface area contributed by atoms with Gasteiger partial charge in [-0.1, -0.05) is 23.7 Å². The van der Waals surface area contributed by atoms with Gasteiger partial charge in [-0.15, -0.1) is 0 Å². The van der Waals surface area contributed by atoms with Crippen molar-refractivity contribution >= 4 is 11.6 Å². The van der Waals surface area contributed by atoms with Crippen LogP contribution in [-0.2, 0) is 6.42 Å². The molecule has 0 aliphatic rings. The lowest BCUT2D eigenvalue weighted by molar-refractivity contribution is 0.523. The topological polar surface area (TPSA) is 38.0 Å². The lowest BCUT2D eigenvalue weighted by Crippen LogP contribution is -2.30. The minimum atomic E-state index is -0.479. The lowest BCUT2D eigenvalue weighted by atomic mass is 9.98. The van der Waals surface area contributed by atoms with Crippen LogP contribution in [0.2, 0.25) is 5.02 Å². The second-order valence-electron chi connectivity index (χ2n) is 4.68. The molecule has 0 aliphatic heterocycles. The third-order valence-electron chi connectivity index (χ3n) is 3.16. The first-order chi connectivity index (χ1) is 9.51. The lowest BCUT2D eigenvalue weighted by Gasteiger charge is -2.18. The van der Waals surface area contributed by atoms with Gasteiger partial charge < -0.3 is 0 Å². The zero-order chi connectivity index (χ0) is 14.7. The summed E-state index contributed by atoms with van der Waals surface area (Å²) in [4.78, 5) is 0. The molecule has 2 aromatic carbocycles. The molecule has 0 heterocycles. The quantitative estimate of drug-likeness (QED) is 0.667. The molecule has 1 unspecified atom stereocenters. The molecule has 20 heavy (non-hydrogen) atoms. The number of nitrogens with one attached hydrogen (secondary N) is 1. The molecule has 1 atom stereocenters. The van der Waals surface area contributed by atoms with Crippen LogP contribution in [0.1, 0.15) is 22.7 Å². The van der Waals surface area contributed by atoms with Crippen molar-refractivity contribution in [2.24, 2.45) is 5.84 Å². The van der Waals surface area contributed by atoms with E-state index in [0.29, 0.717) is 5.02 Å². The largest absolute Gasteiger partial charge is 0.271 e. The van der Waals surface area contributed by atoms with Crippen molar-refractivity contribution in [2.75, 3.05) is 0 Å². The Balaban J connectivity index is 2.31. The number of hydrazine groups is 1. The molecule has 3 N–H and O–H groups in total. The van der Waals surface area contributed by atoms with Gasteiger partial charge in [0.05, 0.1) is 6.04 Å². The van der Waals surface area contributed by atoms with Crippen molar-refractivity contribution < 1.29 is 8.78 Å². The fourth-order valence-corrected chi connectivity index (χ4v) is 2.46. The number of halogens is 3. The fraction of sp³-hybridized carbons (Fsp3) is 0.200. The van der Waals surface area contributed by atoms with Crippen molar-refractivity contribution in [1.29, 1.82) is 0 Å². The van der Waals surface area contributed by atoms with Gasteiger partial charge in [-0.25, -0.2) is 8.78 Å². The Hall–Kier alpha value is -1.49. The number of hydrogen-bond donors (Lipinski definition) is 2. The molecule has 5 heteroatoms. The molecule has 0 saturated heterocycles. The van der Waals surface area contributed by atoms with Crippen LogP contribution in [0, 0.1) is 18.6 Å². The third kappa shape index (κ3) is 3.33. The summed E-state index contributed by atoms with van der Waals surface area (Å²) in [5.74, 6) is 4.58. The summed E-state index contributed by atoms with van der Waals surface area (Å²) in [5, 5.41) is 0.546. The van der Waals surface area contributed by atoms with Crippen molar-refractivity contribution in [3.05, 3.63) is 69.7 Å². The van der Waals surface area contributed by atoms with Crippen LogP contribution in [0.3, 0.4) is 0 Å². The Bertz CT molecular complexity index is 617. The predicted molar refractivity (Wildman–Crippen MR) is 76.3 cm³/mol. The van der Waals surface area contributed by atoms with Gasteiger partial charge in [0.2, 0.25) is 0 Å². The summed E-state index contributed by atoms with van der Waals surface area (Å²) < 4.78 is 26.9. The van der Waals surface area contributed by atoms with Crippen LogP contribution in [0.15, 0.2) is 36.4 Å². The molecule has 0 bridgehead atoms. The summed E-state index contributed by atoms with van der Waals surface area (Å²) >= 11 is 6.18. The second kappa shape index (κ2) is 6.31. The molecule has 2 rings (SSSR count). The van der Waals surface area contributed by atoms with Crippen LogP contribution in [0.25, 0.3) is 0 Å². The number of nitrogens with two attached hydrogens (primary N) is 1. The van der Waals surface area contributed by atoms with E-state index in [-0.39, 0.29) is 18.0 Å². The highest BCUT2D eigenvalue weighted by atomic mass is 35.5. The molecule has 106 valence electrons. The molecule has 0 radical (unpaired) electrons. The minimum absolute atomic E-state index is 0.211. The molecule has 2 nitrogen and oxygen atoms in total. The Morgan fingerprint density at radius 1 is 1.20 bits per heavy atom. The molecule has 0 saturated carbocycles. The van der Waals surface area contributed by atoms with Crippen LogP contribution in [0.5, 0.6) is 0 Å². The van der Waals surface area contributed by atoms with Crippen LogP contribution in [-0.4, -0.2) is 0 Å². The predicted octanol–water partition coefficient (Wildman–Crippen LogP) is 3.67. The van der Waals surface area contributed by atoms with Crippen molar-refractivity contribution in [2.45, 2.75) is 19.4 Å². The molecular formula is C15H15ClF2N2. The first-order valence-corrected chi connectivity index (χ1v) is 6.55. The zero-order valence-corrected chi connectivity index (χ0v) is 11.7. The molecule has 0 spiro atoms. The monoisotopic (exact) mass is 296 g/mol. The SMILES string of the molecule is Cc1ccc(C(Cc2cc(F)ccc2F)NN)c(Cl)c1. The number of benzene rings is 2. The van der Waals surface area contributed by atoms with Crippen molar-refractivity contribution in [3.63, 3.8) is 0 Å². The Morgan fingerprint density at radius 2 is 1.95 bits per heavy atom. The van der Waals surface area contributed by atoms with Gasteiger partial charge in [-0.2, -0.15) is 0 Å². The highest BCUT2D eigenvalue weighted by Gasteiger charge is 2.16. The third-order valence-corrected chi connectivity index (χ3v) is 3.49. The summed E-state index contributed by atoms with van der Waals surface area (Å²) in [6.45, 7) is 1.92. The zero-order valence-electron chi connectivity index (χ0n) is 11.0. The number of aryl methyl sites for hydroxylation is 1. The highest BCUT2D eigenvalue weighted by Crippen LogP contribution is 2.27. The Labute approximate surface area is 121 Å². The van der Waals surface area contributed by atoms with E-state index in [0.717, 1.165) is 23.3 Å². The first kappa shape index (κ1) is 14.9. The maximum atomic E-state index is 13.7. The normalized spacial score (nSPS) is 12.4. The van der Waals surface area contributed by atoms with Gasteiger partial charge in [0.1, 0.15) is 11.6 Å².